The van der Waals surface area contributed by atoms with Crippen LogP contribution in [-0.4, -0.2) is 61.1 Å². The van der Waals surface area contributed by atoms with Gasteiger partial charge in [-0.2, -0.15) is 15.1 Å². The molecule has 0 saturated carbocycles. The molecule has 11 heteroatoms. The van der Waals surface area contributed by atoms with Crippen LogP contribution in [0.3, 0.4) is 0 Å². The molecule has 4 heterocycles. The zero-order valence-electron chi connectivity index (χ0n) is 16.9. The van der Waals surface area contributed by atoms with Gasteiger partial charge in [0, 0.05) is 31.5 Å². The number of carbonyl (C=O) groups excluding carboxylic acids is 1. The number of hydrogen-bond acceptors (Lipinski definition) is 6. The summed E-state index contributed by atoms with van der Waals surface area (Å²) in [6.45, 7) is 2.38. The zero-order chi connectivity index (χ0) is 21.8. The minimum Gasteiger partial charge on any atom is -0.365 e. The van der Waals surface area contributed by atoms with Crippen LogP contribution in [0, 0.1) is 11.8 Å². The van der Waals surface area contributed by atoms with E-state index in [0.29, 0.717) is 36.2 Å². The largest absolute Gasteiger partial charge is 0.365 e. The molecule has 3 aromatic heterocycles. The highest BCUT2D eigenvalue weighted by molar-refractivity contribution is 5.93. The van der Waals surface area contributed by atoms with Crippen molar-refractivity contribution in [3.63, 3.8) is 0 Å². The van der Waals surface area contributed by atoms with Crippen molar-refractivity contribution >= 4 is 34.4 Å². The molecule has 162 valence electrons. The van der Waals surface area contributed by atoms with Gasteiger partial charge in [0.1, 0.15) is 18.0 Å². The maximum atomic E-state index is 12.5. The molecular weight excluding hydrogens is 406 g/mol. The van der Waals surface area contributed by atoms with Crippen LogP contribution in [0.25, 0.3) is 11.0 Å². The highest BCUT2D eigenvalue weighted by Gasteiger charge is 2.24. The van der Waals surface area contributed by atoms with E-state index in [-0.39, 0.29) is 11.9 Å². The minimum atomic E-state index is -2.49. The Bertz CT molecular complexity index is 1130. The van der Waals surface area contributed by atoms with Crippen molar-refractivity contribution in [3.8, 4) is 11.8 Å². The number of halogens is 2. The van der Waals surface area contributed by atoms with Crippen molar-refractivity contribution in [3.05, 3.63) is 24.7 Å². The van der Waals surface area contributed by atoms with Crippen molar-refractivity contribution in [2.24, 2.45) is 0 Å². The molecule has 1 amide bonds. The predicted molar refractivity (Wildman–Crippen MR) is 112 cm³/mol. The fourth-order valence-corrected chi connectivity index (χ4v) is 3.56. The third-order valence-electron chi connectivity index (χ3n) is 4.91. The number of fused-ring (bicyclic) bond motifs is 1. The number of aromatic nitrogens is 5. The summed E-state index contributed by atoms with van der Waals surface area (Å²) in [5, 5.41) is 11.2. The predicted octanol–water partition coefficient (Wildman–Crippen LogP) is 2.59. The van der Waals surface area contributed by atoms with E-state index in [1.165, 1.54) is 12.4 Å². The fraction of sp³-hybridized carbons (Fsp3) is 0.400. The molecule has 0 bridgehead atoms. The molecule has 1 fully saturated rings. The number of likely N-dealkylation sites (tertiary alicyclic amines) is 1. The highest BCUT2D eigenvalue weighted by Crippen LogP contribution is 2.25. The normalized spacial score (nSPS) is 16.3. The average molecular weight is 428 g/mol. The van der Waals surface area contributed by atoms with Crippen LogP contribution >= 0.6 is 0 Å². The number of carbonyl (C=O) groups is 1. The van der Waals surface area contributed by atoms with Crippen molar-refractivity contribution in [1.82, 2.24) is 29.6 Å². The maximum absolute atomic E-state index is 12.5. The topological polar surface area (TPSA) is 104 Å². The monoisotopic (exact) mass is 428 g/mol. The molecular formula is C20H22F2N8O. The van der Waals surface area contributed by atoms with Crippen molar-refractivity contribution in [1.29, 1.82) is 0 Å². The Hall–Kier alpha value is -3.68. The number of anilines is 3. The number of alkyl halides is 2. The maximum Gasteiger partial charge on any atom is 0.298 e. The van der Waals surface area contributed by atoms with E-state index in [2.05, 4.69) is 42.5 Å². The lowest BCUT2D eigenvalue weighted by molar-refractivity contribution is -0.126. The second-order valence-corrected chi connectivity index (χ2v) is 7.21. The van der Waals surface area contributed by atoms with Gasteiger partial charge in [-0.15, -0.1) is 0 Å². The summed E-state index contributed by atoms with van der Waals surface area (Å²) in [7, 11) is 0. The summed E-state index contributed by atoms with van der Waals surface area (Å²) in [6, 6.07) is 1.89. The van der Waals surface area contributed by atoms with E-state index in [9.17, 15) is 13.6 Å². The molecule has 1 saturated heterocycles. The van der Waals surface area contributed by atoms with Gasteiger partial charge in [-0.25, -0.2) is 8.78 Å². The summed E-state index contributed by atoms with van der Waals surface area (Å²) in [6.07, 6.45) is 3.95. The van der Waals surface area contributed by atoms with Gasteiger partial charge in [0.05, 0.1) is 17.3 Å². The number of hydrogen-bond donors (Lipinski definition) is 3. The number of amides is 1. The third kappa shape index (κ3) is 4.91. The standard InChI is InChI=1S/C20H22F2N8O/c1-2-4-17(31)29-8-3-5-13(10-29)25-19-15-6-7-23-18(15)27-20(28-19)26-14-9-24-30(11-14)12-16(21)22/h6-7,9,11,13,16H,3,5,8,10,12H2,1H3,(H3,23,25,26,27,28). The number of aromatic amines is 1. The van der Waals surface area contributed by atoms with Gasteiger partial charge in [0.25, 0.3) is 12.3 Å². The molecule has 1 aliphatic rings. The summed E-state index contributed by atoms with van der Waals surface area (Å²) in [5.41, 5.74) is 1.13. The van der Waals surface area contributed by atoms with Crippen molar-refractivity contribution < 1.29 is 13.6 Å². The summed E-state index contributed by atoms with van der Waals surface area (Å²) >= 11 is 0. The number of nitrogens with zero attached hydrogens (tertiary/aromatic N) is 5. The van der Waals surface area contributed by atoms with Crippen LogP contribution in [0.2, 0.25) is 0 Å². The van der Waals surface area contributed by atoms with Crippen molar-refractivity contribution in [2.45, 2.75) is 38.8 Å². The molecule has 1 aliphatic heterocycles. The fourth-order valence-electron chi connectivity index (χ4n) is 3.56. The van der Waals surface area contributed by atoms with Crippen LogP contribution in [-0.2, 0) is 11.3 Å². The van der Waals surface area contributed by atoms with E-state index < -0.39 is 13.0 Å². The average Bonchev–Trinajstić information content (AvgIpc) is 3.37. The SMILES string of the molecule is CC#CC(=O)N1CCCC(Nc2nc(Nc3cnn(CC(F)F)c3)nc3[nH]ccc23)C1. The molecule has 3 aromatic rings. The first-order chi connectivity index (χ1) is 15.0. The quantitative estimate of drug-likeness (QED) is 0.522. The first-order valence-corrected chi connectivity index (χ1v) is 9.93. The summed E-state index contributed by atoms with van der Waals surface area (Å²) in [5.74, 6) is 5.98. The molecule has 9 nitrogen and oxygen atoms in total. The number of rotatable bonds is 6. The van der Waals surface area contributed by atoms with Crippen LogP contribution in [0.1, 0.15) is 19.8 Å². The van der Waals surface area contributed by atoms with E-state index in [0.717, 1.165) is 22.9 Å². The van der Waals surface area contributed by atoms with Crippen LogP contribution < -0.4 is 10.6 Å². The number of piperidine rings is 1. The van der Waals surface area contributed by atoms with Crippen LogP contribution in [0.4, 0.5) is 26.2 Å². The first kappa shape index (κ1) is 20.6. The Kier molecular flexibility index (Phi) is 5.97. The van der Waals surface area contributed by atoms with E-state index in [4.69, 9.17) is 0 Å². The van der Waals surface area contributed by atoms with Gasteiger partial charge in [0.15, 0.2) is 0 Å². The van der Waals surface area contributed by atoms with Gasteiger partial charge >= 0.3 is 0 Å². The molecule has 31 heavy (non-hydrogen) atoms. The Balaban J connectivity index is 1.52. The number of nitrogens with one attached hydrogen (secondary N) is 3. The lowest BCUT2D eigenvalue weighted by Crippen LogP contribution is -2.44. The molecule has 0 aliphatic carbocycles. The van der Waals surface area contributed by atoms with Crippen LogP contribution in [0.5, 0.6) is 0 Å². The summed E-state index contributed by atoms with van der Waals surface area (Å²) in [4.78, 5) is 25.9. The second-order valence-electron chi connectivity index (χ2n) is 7.21. The highest BCUT2D eigenvalue weighted by atomic mass is 19.3. The Labute approximate surface area is 177 Å². The van der Waals surface area contributed by atoms with Gasteiger partial charge < -0.3 is 20.5 Å². The molecule has 3 N–H and O–H groups in total. The molecule has 4 rings (SSSR count). The Morgan fingerprint density at radius 1 is 1.42 bits per heavy atom. The van der Waals surface area contributed by atoms with E-state index in [1.54, 1.807) is 18.0 Å². The van der Waals surface area contributed by atoms with Gasteiger partial charge in [-0.3, -0.25) is 9.48 Å². The molecule has 0 radical (unpaired) electrons. The molecule has 1 atom stereocenters. The Morgan fingerprint density at radius 3 is 3.10 bits per heavy atom. The Morgan fingerprint density at radius 2 is 2.29 bits per heavy atom. The minimum absolute atomic E-state index is 0.0194. The smallest absolute Gasteiger partial charge is 0.298 e. The van der Waals surface area contributed by atoms with Crippen LogP contribution in [0.15, 0.2) is 24.7 Å². The lowest BCUT2D eigenvalue weighted by atomic mass is 10.1. The third-order valence-corrected chi connectivity index (χ3v) is 4.91. The first-order valence-electron chi connectivity index (χ1n) is 9.93. The van der Waals surface area contributed by atoms with Gasteiger partial charge in [-0.1, -0.05) is 5.92 Å². The van der Waals surface area contributed by atoms with Gasteiger partial charge in [-0.05, 0) is 31.8 Å². The lowest BCUT2D eigenvalue weighted by Gasteiger charge is -2.32. The molecule has 1 unspecified atom stereocenters. The zero-order valence-corrected chi connectivity index (χ0v) is 16.9. The molecule has 0 aromatic carbocycles. The van der Waals surface area contributed by atoms with E-state index >= 15 is 0 Å². The summed E-state index contributed by atoms with van der Waals surface area (Å²) < 4.78 is 26.2. The van der Waals surface area contributed by atoms with E-state index in [1.807, 2.05) is 6.07 Å². The second kappa shape index (κ2) is 8.99. The molecule has 0 spiro atoms. The van der Waals surface area contributed by atoms with Gasteiger partial charge in [0.2, 0.25) is 5.95 Å². The number of H-pyrrole nitrogens is 1. The van der Waals surface area contributed by atoms with Crippen molar-refractivity contribution in [2.75, 3.05) is 23.7 Å².